The molecule has 3 nitrogen and oxygen atoms in total. The normalized spacial score (nSPS) is 10.7. The van der Waals surface area contributed by atoms with Crippen molar-refractivity contribution in [1.29, 1.82) is 0 Å². The zero-order chi connectivity index (χ0) is 15.5. The van der Waals surface area contributed by atoms with Crippen LogP contribution < -0.4 is 22.3 Å². The lowest BCUT2D eigenvalue weighted by atomic mass is 10.2. The zero-order valence-corrected chi connectivity index (χ0v) is 12.6. The van der Waals surface area contributed by atoms with Crippen LogP contribution in [0.3, 0.4) is 0 Å². The number of anilines is 1. The number of aromatic nitrogens is 1. The van der Waals surface area contributed by atoms with Gasteiger partial charge in [0.25, 0.3) is 11.1 Å². The van der Waals surface area contributed by atoms with Crippen LogP contribution in [0.25, 0.3) is 0 Å². The SMILES string of the molecule is O=C(C[n+]1ccccc1Cl)Nc1ccc(C(F)(F)F)cc1.[Cl-]. The van der Waals surface area contributed by atoms with Crippen molar-refractivity contribution in [3.05, 3.63) is 59.4 Å². The Morgan fingerprint density at radius 2 is 1.77 bits per heavy atom. The molecule has 0 atom stereocenters. The van der Waals surface area contributed by atoms with Crippen molar-refractivity contribution in [2.24, 2.45) is 0 Å². The van der Waals surface area contributed by atoms with Crippen LogP contribution in [-0.4, -0.2) is 5.91 Å². The fourth-order valence-corrected chi connectivity index (χ4v) is 1.87. The lowest BCUT2D eigenvalue weighted by molar-refractivity contribution is -0.681. The topological polar surface area (TPSA) is 33.0 Å². The van der Waals surface area contributed by atoms with E-state index in [1.54, 1.807) is 24.4 Å². The first-order valence-corrected chi connectivity index (χ1v) is 6.35. The Morgan fingerprint density at radius 3 is 2.32 bits per heavy atom. The second kappa shape index (κ2) is 7.47. The summed E-state index contributed by atoms with van der Waals surface area (Å²) in [5, 5.41) is 2.90. The standard InChI is InChI=1S/C14H10ClF3N2O.ClH/c15-12-3-1-2-8-20(12)9-13(21)19-11-6-4-10(5-7-11)14(16,17)18;/h1-8H,9H2;1H. The predicted octanol–water partition coefficient (Wildman–Crippen LogP) is 0.289. The molecule has 2 rings (SSSR count). The molecule has 1 aromatic heterocycles. The number of carbonyl (C=O) groups is 1. The molecule has 0 spiro atoms. The van der Waals surface area contributed by atoms with Crippen LogP contribution in [0.5, 0.6) is 0 Å². The van der Waals surface area contributed by atoms with Crippen LogP contribution in [0.1, 0.15) is 5.56 Å². The van der Waals surface area contributed by atoms with E-state index in [1.165, 1.54) is 16.7 Å². The predicted molar refractivity (Wildman–Crippen MR) is 71.7 cm³/mol. The number of alkyl halides is 3. The Kier molecular flexibility index (Phi) is 6.20. The molecule has 0 aliphatic carbocycles. The van der Waals surface area contributed by atoms with Gasteiger partial charge in [0.2, 0.25) is 6.54 Å². The maximum atomic E-state index is 12.4. The highest BCUT2D eigenvalue weighted by Gasteiger charge is 2.30. The number of nitrogens with zero attached hydrogens (tertiary/aromatic N) is 1. The summed E-state index contributed by atoms with van der Waals surface area (Å²) in [5.74, 6) is -0.382. The third-order valence-corrected chi connectivity index (χ3v) is 3.04. The van der Waals surface area contributed by atoms with Crippen LogP contribution >= 0.6 is 11.6 Å². The molecule has 1 heterocycles. The number of hydrogen-bond donors (Lipinski definition) is 1. The minimum atomic E-state index is -4.39. The van der Waals surface area contributed by atoms with Gasteiger partial charge in [0.05, 0.1) is 5.56 Å². The maximum absolute atomic E-state index is 12.4. The van der Waals surface area contributed by atoms with Crippen LogP contribution in [-0.2, 0) is 17.5 Å². The van der Waals surface area contributed by atoms with Gasteiger partial charge in [-0.25, -0.2) is 0 Å². The number of amides is 1. The van der Waals surface area contributed by atoms with E-state index in [1.807, 2.05) is 0 Å². The highest BCUT2D eigenvalue weighted by atomic mass is 35.5. The van der Waals surface area contributed by atoms with E-state index in [0.717, 1.165) is 12.1 Å². The third kappa shape index (κ3) is 4.89. The van der Waals surface area contributed by atoms with Crippen molar-refractivity contribution >= 4 is 23.2 Å². The Balaban J connectivity index is 0.00000242. The van der Waals surface area contributed by atoms with E-state index in [9.17, 15) is 18.0 Å². The summed E-state index contributed by atoms with van der Waals surface area (Å²) >= 11 is 5.90. The summed E-state index contributed by atoms with van der Waals surface area (Å²) in [6.45, 7) is -0.0271. The molecule has 0 aliphatic heterocycles. The number of pyridine rings is 1. The van der Waals surface area contributed by atoms with Gasteiger partial charge in [0.15, 0.2) is 6.20 Å². The van der Waals surface area contributed by atoms with Crippen molar-refractivity contribution in [1.82, 2.24) is 0 Å². The number of hydrogen-bond acceptors (Lipinski definition) is 1. The fraction of sp³-hybridized carbons (Fsp3) is 0.143. The first kappa shape index (κ1) is 18.3. The molecule has 22 heavy (non-hydrogen) atoms. The molecule has 0 fully saturated rings. The Hall–Kier alpha value is -1.79. The van der Waals surface area contributed by atoms with Crippen molar-refractivity contribution in [2.75, 3.05) is 5.32 Å². The Bertz CT molecular complexity index is 645. The van der Waals surface area contributed by atoms with Crippen molar-refractivity contribution in [3.63, 3.8) is 0 Å². The number of benzene rings is 1. The number of nitrogens with one attached hydrogen (secondary N) is 1. The molecule has 1 aromatic carbocycles. The molecular weight excluding hydrogens is 340 g/mol. The average Bonchev–Trinajstić information content (AvgIpc) is 2.41. The van der Waals surface area contributed by atoms with Crippen LogP contribution in [0.4, 0.5) is 18.9 Å². The van der Waals surface area contributed by atoms with Gasteiger partial charge in [-0.1, -0.05) is 0 Å². The second-order valence-electron chi connectivity index (χ2n) is 4.27. The van der Waals surface area contributed by atoms with E-state index in [-0.39, 0.29) is 24.9 Å². The van der Waals surface area contributed by atoms with Crippen LogP contribution in [0, 0.1) is 0 Å². The van der Waals surface area contributed by atoms with Gasteiger partial charge in [-0.3, -0.25) is 4.79 Å². The first-order valence-electron chi connectivity index (χ1n) is 5.97. The van der Waals surface area contributed by atoms with Gasteiger partial charge < -0.3 is 17.7 Å². The molecular formula is C14H11Cl2F3N2O. The van der Waals surface area contributed by atoms with Crippen molar-refractivity contribution in [2.45, 2.75) is 12.7 Å². The summed E-state index contributed by atoms with van der Waals surface area (Å²) in [6, 6.07) is 9.32. The van der Waals surface area contributed by atoms with Crippen molar-refractivity contribution < 1.29 is 34.9 Å². The maximum Gasteiger partial charge on any atom is 0.416 e. The van der Waals surface area contributed by atoms with Crippen LogP contribution in [0.15, 0.2) is 48.7 Å². The molecule has 0 saturated heterocycles. The quantitative estimate of drug-likeness (QED) is 0.626. The molecule has 0 saturated carbocycles. The van der Waals surface area contributed by atoms with E-state index in [4.69, 9.17) is 11.6 Å². The fourth-order valence-electron chi connectivity index (χ4n) is 1.68. The average molecular weight is 351 g/mol. The Morgan fingerprint density at radius 1 is 1.14 bits per heavy atom. The van der Waals surface area contributed by atoms with Crippen molar-refractivity contribution in [3.8, 4) is 0 Å². The first-order chi connectivity index (χ1) is 9.86. The number of halogens is 5. The van der Waals surface area contributed by atoms with Gasteiger partial charge in [0, 0.05) is 17.8 Å². The summed E-state index contributed by atoms with van der Waals surface area (Å²) < 4.78 is 38.7. The monoisotopic (exact) mass is 350 g/mol. The summed E-state index contributed by atoms with van der Waals surface area (Å²) in [7, 11) is 0. The number of carbonyl (C=O) groups excluding carboxylic acids is 1. The largest absolute Gasteiger partial charge is 1.00 e. The minimum absolute atomic E-state index is 0. The van der Waals surface area contributed by atoms with Crippen LogP contribution in [0.2, 0.25) is 5.15 Å². The van der Waals surface area contributed by atoms with E-state index < -0.39 is 11.7 Å². The van der Waals surface area contributed by atoms with Gasteiger partial charge in [0.1, 0.15) is 0 Å². The smallest absolute Gasteiger partial charge is 0.416 e. The zero-order valence-electron chi connectivity index (χ0n) is 11.1. The lowest BCUT2D eigenvalue weighted by Crippen LogP contribution is -3.00. The minimum Gasteiger partial charge on any atom is -1.00 e. The third-order valence-electron chi connectivity index (χ3n) is 2.70. The molecule has 8 heteroatoms. The molecule has 2 aromatic rings. The Labute approximate surface area is 136 Å². The highest BCUT2D eigenvalue weighted by Crippen LogP contribution is 2.29. The van der Waals surface area contributed by atoms with E-state index >= 15 is 0 Å². The van der Waals surface area contributed by atoms with E-state index in [0.29, 0.717) is 10.8 Å². The molecule has 0 radical (unpaired) electrons. The summed E-state index contributed by atoms with van der Waals surface area (Å²) in [5.41, 5.74) is -0.471. The molecule has 1 N–H and O–H groups in total. The van der Waals surface area contributed by atoms with Gasteiger partial charge in [-0.05, 0) is 41.9 Å². The second-order valence-corrected chi connectivity index (χ2v) is 4.66. The molecule has 0 unspecified atom stereocenters. The summed E-state index contributed by atoms with van der Waals surface area (Å²) in [4.78, 5) is 11.8. The molecule has 118 valence electrons. The number of rotatable bonds is 3. The van der Waals surface area contributed by atoms with Gasteiger partial charge in [-0.2, -0.15) is 17.7 Å². The molecule has 0 aliphatic rings. The lowest BCUT2D eigenvalue weighted by Gasteiger charge is -2.08. The van der Waals surface area contributed by atoms with E-state index in [2.05, 4.69) is 5.32 Å². The molecule has 0 bridgehead atoms. The molecule has 1 amide bonds. The summed E-state index contributed by atoms with van der Waals surface area (Å²) in [6.07, 6.45) is -2.76. The van der Waals surface area contributed by atoms with Gasteiger partial charge >= 0.3 is 6.18 Å². The highest BCUT2D eigenvalue weighted by molar-refractivity contribution is 6.28. The van der Waals surface area contributed by atoms with Gasteiger partial charge in [-0.15, -0.1) is 0 Å².